The van der Waals surface area contributed by atoms with Gasteiger partial charge in [-0.3, -0.25) is 9.59 Å². The van der Waals surface area contributed by atoms with Crippen LogP contribution in [0.15, 0.2) is 18.2 Å². The van der Waals surface area contributed by atoms with E-state index in [2.05, 4.69) is 0 Å². The molecule has 0 spiro atoms. The second-order valence-electron chi connectivity index (χ2n) is 4.27. The van der Waals surface area contributed by atoms with Crippen LogP contribution in [0, 0.1) is 6.92 Å². The van der Waals surface area contributed by atoms with Crippen molar-refractivity contribution in [2.45, 2.75) is 34.6 Å². The lowest BCUT2D eigenvalue weighted by molar-refractivity contribution is -0.133. The summed E-state index contributed by atoms with van der Waals surface area (Å²) in [4.78, 5) is 22.2. The molecular weight excluding hydrogens is 244 g/mol. The Labute approximate surface area is 113 Å². The van der Waals surface area contributed by atoms with Crippen molar-refractivity contribution in [2.24, 2.45) is 0 Å². The van der Waals surface area contributed by atoms with E-state index in [4.69, 9.17) is 9.47 Å². The summed E-state index contributed by atoms with van der Waals surface area (Å²) < 4.78 is 10.3. The number of ether oxygens (including phenoxy) is 2. The molecule has 0 unspecified atom stereocenters. The van der Waals surface area contributed by atoms with E-state index >= 15 is 0 Å². The van der Waals surface area contributed by atoms with Gasteiger partial charge in [0.15, 0.2) is 0 Å². The van der Waals surface area contributed by atoms with Crippen molar-refractivity contribution < 1.29 is 19.1 Å². The van der Waals surface area contributed by atoms with E-state index < -0.39 is 0 Å². The van der Waals surface area contributed by atoms with Crippen LogP contribution in [0.2, 0.25) is 0 Å². The van der Waals surface area contributed by atoms with Gasteiger partial charge in [0.1, 0.15) is 11.5 Å². The summed E-state index contributed by atoms with van der Waals surface area (Å²) in [6, 6.07) is 3.41. The number of rotatable bonds is 3. The molecule has 102 valence electrons. The molecular formula is C15H18O4. The molecule has 1 rings (SSSR count). The van der Waals surface area contributed by atoms with Gasteiger partial charge in [-0.1, -0.05) is 6.08 Å². The number of hydrogen-bond acceptors (Lipinski definition) is 4. The normalized spacial score (nSPS) is 11.1. The molecule has 1 aromatic rings. The SMILES string of the molecule is C/C=C(\C)c1cc(OC(C)=O)c(C)cc1OC(C)=O. The minimum Gasteiger partial charge on any atom is -0.426 e. The molecule has 0 aliphatic heterocycles. The van der Waals surface area contributed by atoms with Crippen LogP contribution in [0.1, 0.15) is 38.8 Å². The monoisotopic (exact) mass is 262 g/mol. The van der Waals surface area contributed by atoms with Gasteiger partial charge in [0, 0.05) is 19.4 Å². The smallest absolute Gasteiger partial charge is 0.308 e. The number of benzene rings is 1. The van der Waals surface area contributed by atoms with Crippen LogP contribution in [0.3, 0.4) is 0 Å². The maximum absolute atomic E-state index is 11.1. The third-order valence-corrected chi connectivity index (χ3v) is 2.64. The molecule has 0 heterocycles. The van der Waals surface area contributed by atoms with Gasteiger partial charge >= 0.3 is 11.9 Å². The summed E-state index contributed by atoms with van der Waals surface area (Å²) in [5.74, 6) is 0.174. The molecule has 0 aliphatic rings. The van der Waals surface area contributed by atoms with Crippen molar-refractivity contribution in [3.63, 3.8) is 0 Å². The summed E-state index contributed by atoms with van der Waals surface area (Å²) >= 11 is 0. The van der Waals surface area contributed by atoms with E-state index in [0.29, 0.717) is 11.5 Å². The summed E-state index contributed by atoms with van der Waals surface area (Å²) in [6.45, 7) is 8.28. The number of esters is 2. The fraction of sp³-hybridized carbons (Fsp3) is 0.333. The number of allylic oxidation sites excluding steroid dienone is 2. The van der Waals surface area contributed by atoms with Crippen molar-refractivity contribution >= 4 is 17.5 Å². The zero-order valence-corrected chi connectivity index (χ0v) is 11.9. The van der Waals surface area contributed by atoms with Crippen molar-refractivity contribution in [1.29, 1.82) is 0 Å². The van der Waals surface area contributed by atoms with Crippen molar-refractivity contribution in [3.05, 3.63) is 29.3 Å². The Bertz CT molecular complexity index is 541. The van der Waals surface area contributed by atoms with Gasteiger partial charge in [-0.05, 0) is 44.0 Å². The third-order valence-electron chi connectivity index (χ3n) is 2.64. The van der Waals surface area contributed by atoms with Gasteiger partial charge in [0.05, 0.1) is 0 Å². The standard InChI is InChI=1S/C15H18O4/c1-6-9(2)13-8-14(18-11(4)16)10(3)7-15(13)19-12(5)17/h6-8H,1-5H3/b9-6+. The van der Waals surface area contributed by atoms with Crippen LogP contribution in [-0.2, 0) is 9.59 Å². The lowest BCUT2D eigenvalue weighted by atomic mass is 10.0. The number of aryl methyl sites for hydroxylation is 1. The molecule has 0 amide bonds. The van der Waals surface area contributed by atoms with Crippen LogP contribution in [0.5, 0.6) is 11.5 Å². The van der Waals surface area contributed by atoms with E-state index in [1.807, 2.05) is 19.9 Å². The molecule has 0 aliphatic carbocycles. The fourth-order valence-corrected chi connectivity index (χ4v) is 1.63. The molecule has 0 aromatic heterocycles. The molecule has 0 fully saturated rings. The predicted octanol–water partition coefficient (Wildman–Crippen LogP) is 3.27. The Kier molecular flexibility index (Phi) is 4.87. The van der Waals surface area contributed by atoms with Gasteiger partial charge in [-0.25, -0.2) is 0 Å². The molecule has 0 saturated carbocycles. The first-order chi connectivity index (χ1) is 8.85. The Morgan fingerprint density at radius 2 is 1.53 bits per heavy atom. The highest BCUT2D eigenvalue weighted by Gasteiger charge is 2.13. The van der Waals surface area contributed by atoms with Crippen molar-refractivity contribution in [1.82, 2.24) is 0 Å². The van der Waals surface area contributed by atoms with Gasteiger partial charge in [0.25, 0.3) is 0 Å². The Morgan fingerprint density at radius 3 is 2.00 bits per heavy atom. The minimum atomic E-state index is -0.384. The number of carbonyl (C=O) groups excluding carboxylic acids is 2. The summed E-state index contributed by atoms with van der Waals surface area (Å²) in [7, 11) is 0. The highest BCUT2D eigenvalue weighted by Crippen LogP contribution is 2.33. The first kappa shape index (κ1) is 15.0. The molecule has 0 saturated heterocycles. The maximum atomic E-state index is 11.1. The van der Waals surface area contributed by atoms with Gasteiger partial charge in [0.2, 0.25) is 0 Å². The average molecular weight is 262 g/mol. The lowest BCUT2D eigenvalue weighted by Gasteiger charge is -2.13. The fourth-order valence-electron chi connectivity index (χ4n) is 1.63. The van der Waals surface area contributed by atoms with Crippen molar-refractivity contribution in [3.8, 4) is 11.5 Å². The first-order valence-corrected chi connectivity index (χ1v) is 6.00. The Morgan fingerprint density at radius 1 is 1.00 bits per heavy atom. The quantitative estimate of drug-likeness (QED) is 0.619. The first-order valence-electron chi connectivity index (χ1n) is 6.00. The van der Waals surface area contributed by atoms with Crippen LogP contribution < -0.4 is 9.47 Å². The second-order valence-corrected chi connectivity index (χ2v) is 4.27. The van der Waals surface area contributed by atoms with Crippen LogP contribution in [0.4, 0.5) is 0 Å². The van der Waals surface area contributed by atoms with Crippen LogP contribution in [-0.4, -0.2) is 11.9 Å². The van der Waals surface area contributed by atoms with E-state index in [0.717, 1.165) is 16.7 Å². The second kappa shape index (κ2) is 6.18. The van der Waals surface area contributed by atoms with Crippen LogP contribution in [0.25, 0.3) is 5.57 Å². The van der Waals surface area contributed by atoms with Crippen molar-refractivity contribution in [2.75, 3.05) is 0 Å². The molecule has 1 aromatic carbocycles. The van der Waals surface area contributed by atoms with E-state index in [1.165, 1.54) is 13.8 Å². The largest absolute Gasteiger partial charge is 0.426 e. The topological polar surface area (TPSA) is 52.6 Å². The molecule has 19 heavy (non-hydrogen) atoms. The average Bonchev–Trinajstić information content (AvgIpc) is 2.30. The van der Waals surface area contributed by atoms with Gasteiger partial charge in [-0.15, -0.1) is 0 Å². The summed E-state index contributed by atoms with van der Waals surface area (Å²) in [5, 5.41) is 0. The highest BCUT2D eigenvalue weighted by molar-refractivity contribution is 5.77. The molecule has 0 N–H and O–H groups in total. The third kappa shape index (κ3) is 3.95. The Balaban J connectivity index is 3.36. The number of carbonyl (C=O) groups is 2. The Hall–Kier alpha value is -2.10. The molecule has 0 bridgehead atoms. The zero-order chi connectivity index (χ0) is 14.6. The van der Waals surface area contributed by atoms with E-state index in [-0.39, 0.29) is 11.9 Å². The molecule has 4 heteroatoms. The minimum absolute atomic E-state index is 0.382. The summed E-state index contributed by atoms with van der Waals surface area (Å²) in [5.41, 5.74) is 2.41. The predicted molar refractivity (Wildman–Crippen MR) is 73.1 cm³/mol. The number of hydrogen-bond donors (Lipinski definition) is 0. The molecule has 0 radical (unpaired) electrons. The van der Waals surface area contributed by atoms with E-state index in [9.17, 15) is 9.59 Å². The lowest BCUT2D eigenvalue weighted by Crippen LogP contribution is -2.07. The zero-order valence-electron chi connectivity index (χ0n) is 11.9. The molecule has 4 nitrogen and oxygen atoms in total. The molecule has 0 atom stereocenters. The van der Waals surface area contributed by atoms with Crippen LogP contribution >= 0.6 is 0 Å². The van der Waals surface area contributed by atoms with E-state index in [1.54, 1.807) is 19.1 Å². The van der Waals surface area contributed by atoms with Gasteiger partial charge in [-0.2, -0.15) is 0 Å². The summed E-state index contributed by atoms with van der Waals surface area (Å²) in [6.07, 6.45) is 1.90. The maximum Gasteiger partial charge on any atom is 0.308 e. The van der Waals surface area contributed by atoms with Gasteiger partial charge < -0.3 is 9.47 Å². The highest BCUT2D eigenvalue weighted by atomic mass is 16.5.